The maximum absolute atomic E-state index is 11.9. The number of rotatable bonds is 4. The Hall–Kier alpha value is -1.57. The van der Waals surface area contributed by atoms with E-state index in [4.69, 9.17) is 9.26 Å². The number of hydrogen-bond acceptors (Lipinski definition) is 4. The first-order valence-electron chi connectivity index (χ1n) is 5.71. The highest BCUT2D eigenvalue weighted by Crippen LogP contribution is 2.17. The van der Waals surface area contributed by atoms with Gasteiger partial charge in [0.25, 0.3) is 5.91 Å². The number of carbonyl (C=O) groups is 1. The smallest absolute Gasteiger partial charge is 0.266 e. The number of carbonyl (C=O) groups excluding carboxylic acids is 1. The highest BCUT2D eigenvalue weighted by molar-refractivity contribution is 14.1. The maximum Gasteiger partial charge on any atom is 0.266 e. The van der Waals surface area contributed by atoms with E-state index in [1.54, 1.807) is 19.9 Å². The summed E-state index contributed by atoms with van der Waals surface area (Å²) in [5, 5.41) is 6.32. The third-order valence-electron chi connectivity index (χ3n) is 2.36. The molecule has 1 N–H and O–H groups in total. The van der Waals surface area contributed by atoms with Crippen molar-refractivity contribution < 1.29 is 14.1 Å². The van der Waals surface area contributed by atoms with Gasteiger partial charge in [-0.1, -0.05) is 11.2 Å². The van der Waals surface area contributed by atoms with Gasteiger partial charge in [0.15, 0.2) is 11.9 Å². The molecular weight excluding hydrogens is 359 g/mol. The molecule has 100 valence electrons. The normalized spacial score (nSPS) is 11.9. The molecule has 1 aromatic carbocycles. The van der Waals surface area contributed by atoms with Crippen LogP contribution in [0.5, 0.6) is 5.75 Å². The van der Waals surface area contributed by atoms with Gasteiger partial charge in [-0.05, 0) is 54.6 Å². The molecule has 2 aromatic rings. The number of aromatic nitrogens is 1. The summed E-state index contributed by atoms with van der Waals surface area (Å²) >= 11 is 2.19. The van der Waals surface area contributed by atoms with Crippen LogP contribution in [0.15, 0.2) is 34.9 Å². The van der Waals surface area contributed by atoms with Crippen molar-refractivity contribution >= 4 is 34.3 Å². The Bertz CT molecular complexity index is 583. The third kappa shape index (κ3) is 3.95. The monoisotopic (exact) mass is 372 g/mol. The Balaban J connectivity index is 1.96. The van der Waals surface area contributed by atoms with Gasteiger partial charge in [0.1, 0.15) is 11.5 Å². The molecule has 0 aliphatic carbocycles. The highest BCUT2D eigenvalue weighted by Gasteiger charge is 2.16. The first-order chi connectivity index (χ1) is 9.04. The van der Waals surface area contributed by atoms with Crippen LogP contribution in [0.2, 0.25) is 0 Å². The Morgan fingerprint density at radius 3 is 2.89 bits per heavy atom. The molecule has 0 spiro atoms. The van der Waals surface area contributed by atoms with Crippen molar-refractivity contribution in [3.05, 3.63) is 39.7 Å². The molecule has 6 heteroatoms. The molecule has 1 atom stereocenters. The van der Waals surface area contributed by atoms with Gasteiger partial charge in [0.2, 0.25) is 0 Å². The Morgan fingerprint density at radius 1 is 1.47 bits per heavy atom. The van der Waals surface area contributed by atoms with Crippen molar-refractivity contribution in [1.29, 1.82) is 0 Å². The van der Waals surface area contributed by atoms with E-state index in [9.17, 15) is 4.79 Å². The van der Waals surface area contributed by atoms with E-state index < -0.39 is 6.10 Å². The number of aryl methyl sites for hydroxylation is 1. The summed E-state index contributed by atoms with van der Waals surface area (Å²) in [5.74, 6) is 1.42. The van der Waals surface area contributed by atoms with Crippen molar-refractivity contribution in [1.82, 2.24) is 5.16 Å². The van der Waals surface area contributed by atoms with Crippen LogP contribution in [0.1, 0.15) is 12.7 Å². The first kappa shape index (κ1) is 13.9. The van der Waals surface area contributed by atoms with Gasteiger partial charge < -0.3 is 14.6 Å². The molecule has 5 nitrogen and oxygen atoms in total. The van der Waals surface area contributed by atoms with Gasteiger partial charge in [-0.25, -0.2) is 0 Å². The lowest BCUT2D eigenvalue weighted by Gasteiger charge is -2.13. The number of anilines is 1. The SMILES string of the molecule is Cc1cc(NC(=O)[C@H](C)Oc2cccc(I)c2)no1. The van der Waals surface area contributed by atoms with Gasteiger partial charge in [-0.2, -0.15) is 0 Å². The molecule has 1 amide bonds. The minimum Gasteiger partial charge on any atom is -0.481 e. The predicted molar refractivity (Wildman–Crippen MR) is 79.1 cm³/mol. The first-order valence-corrected chi connectivity index (χ1v) is 6.79. The molecule has 0 saturated heterocycles. The van der Waals surface area contributed by atoms with Crippen molar-refractivity contribution in [2.45, 2.75) is 20.0 Å². The fourth-order valence-electron chi connectivity index (χ4n) is 1.45. The van der Waals surface area contributed by atoms with E-state index in [2.05, 4.69) is 33.1 Å². The number of halogens is 1. The molecule has 1 aromatic heterocycles. The van der Waals surface area contributed by atoms with Gasteiger partial charge in [-0.3, -0.25) is 4.79 Å². The summed E-state index contributed by atoms with van der Waals surface area (Å²) in [7, 11) is 0. The zero-order valence-electron chi connectivity index (χ0n) is 10.5. The molecule has 0 fully saturated rings. The number of nitrogens with zero attached hydrogens (tertiary/aromatic N) is 1. The van der Waals surface area contributed by atoms with E-state index in [1.165, 1.54) is 0 Å². The molecule has 0 aliphatic rings. The van der Waals surface area contributed by atoms with Crippen molar-refractivity contribution in [3.63, 3.8) is 0 Å². The van der Waals surface area contributed by atoms with E-state index in [1.807, 2.05) is 24.3 Å². The van der Waals surface area contributed by atoms with Gasteiger partial charge in [0, 0.05) is 9.64 Å². The fourth-order valence-corrected chi connectivity index (χ4v) is 1.97. The summed E-state index contributed by atoms with van der Waals surface area (Å²) < 4.78 is 11.5. The summed E-state index contributed by atoms with van der Waals surface area (Å²) in [6.45, 7) is 3.44. The van der Waals surface area contributed by atoms with E-state index in [0.29, 0.717) is 17.3 Å². The second kappa shape index (κ2) is 6.05. The summed E-state index contributed by atoms with van der Waals surface area (Å²) in [5.41, 5.74) is 0. The number of amides is 1. The molecule has 0 radical (unpaired) electrons. The highest BCUT2D eigenvalue weighted by atomic mass is 127. The molecule has 19 heavy (non-hydrogen) atoms. The van der Waals surface area contributed by atoms with Gasteiger partial charge in [0.05, 0.1) is 0 Å². The lowest BCUT2D eigenvalue weighted by molar-refractivity contribution is -0.122. The van der Waals surface area contributed by atoms with Crippen LogP contribution in [-0.4, -0.2) is 17.2 Å². The Kier molecular flexibility index (Phi) is 4.41. The average molecular weight is 372 g/mol. The molecule has 0 bridgehead atoms. The fraction of sp³-hybridized carbons (Fsp3) is 0.231. The maximum atomic E-state index is 11.9. The van der Waals surface area contributed by atoms with Crippen LogP contribution in [0, 0.1) is 10.5 Å². The molecule has 0 saturated carbocycles. The summed E-state index contributed by atoms with van der Waals surface area (Å²) in [6.07, 6.45) is -0.616. The number of nitrogens with one attached hydrogen (secondary N) is 1. The quantitative estimate of drug-likeness (QED) is 0.839. The topological polar surface area (TPSA) is 64.4 Å². The van der Waals surface area contributed by atoms with Crippen LogP contribution in [0.25, 0.3) is 0 Å². The zero-order valence-corrected chi connectivity index (χ0v) is 12.7. The lowest BCUT2D eigenvalue weighted by Crippen LogP contribution is -2.30. The second-order valence-corrected chi connectivity index (χ2v) is 5.28. The minimum atomic E-state index is -0.616. The standard InChI is InChI=1S/C13H13IN2O3/c1-8-6-12(16-19-8)15-13(17)9(2)18-11-5-3-4-10(14)7-11/h3-7,9H,1-2H3,(H,15,16,17)/t9-/m0/s1. The Morgan fingerprint density at radius 2 is 2.26 bits per heavy atom. The van der Waals surface area contributed by atoms with Crippen molar-refractivity contribution in [2.75, 3.05) is 5.32 Å². The summed E-state index contributed by atoms with van der Waals surface area (Å²) in [6, 6.07) is 9.16. The number of hydrogen-bond donors (Lipinski definition) is 1. The van der Waals surface area contributed by atoms with Crippen molar-refractivity contribution in [2.24, 2.45) is 0 Å². The van der Waals surface area contributed by atoms with Crippen LogP contribution in [0.3, 0.4) is 0 Å². The predicted octanol–water partition coefficient (Wildman–Crippen LogP) is 2.99. The largest absolute Gasteiger partial charge is 0.481 e. The van der Waals surface area contributed by atoms with Crippen LogP contribution in [-0.2, 0) is 4.79 Å². The molecule has 1 heterocycles. The molecule has 0 aliphatic heterocycles. The van der Waals surface area contributed by atoms with E-state index >= 15 is 0 Å². The van der Waals surface area contributed by atoms with E-state index in [-0.39, 0.29) is 5.91 Å². The summed E-state index contributed by atoms with van der Waals surface area (Å²) in [4.78, 5) is 11.9. The average Bonchev–Trinajstić information content (AvgIpc) is 2.74. The third-order valence-corrected chi connectivity index (χ3v) is 3.03. The lowest BCUT2D eigenvalue weighted by atomic mass is 10.3. The Labute approximate surface area is 124 Å². The second-order valence-electron chi connectivity index (χ2n) is 4.03. The number of benzene rings is 1. The van der Waals surface area contributed by atoms with Crippen LogP contribution in [0.4, 0.5) is 5.82 Å². The van der Waals surface area contributed by atoms with Crippen LogP contribution < -0.4 is 10.1 Å². The minimum absolute atomic E-state index is 0.271. The van der Waals surface area contributed by atoms with Gasteiger partial charge in [-0.15, -0.1) is 0 Å². The zero-order chi connectivity index (χ0) is 13.8. The number of ether oxygens (including phenoxy) is 1. The van der Waals surface area contributed by atoms with Crippen molar-refractivity contribution in [3.8, 4) is 5.75 Å². The molecular formula is C13H13IN2O3. The van der Waals surface area contributed by atoms with E-state index in [0.717, 1.165) is 3.57 Å². The van der Waals surface area contributed by atoms with Crippen LogP contribution >= 0.6 is 22.6 Å². The molecule has 0 unspecified atom stereocenters. The molecule has 2 rings (SSSR count). The van der Waals surface area contributed by atoms with Gasteiger partial charge >= 0.3 is 0 Å².